The standard InChI is InChI=1S/C19H19FN4O2S/c1-3-25-18-10-14(11-21-24-13(2)22-23-19(24)27)8-9-17(18)26-12-15-6-4-5-7-16(15)20/h4-11H,3,12H2,1-2H3,(H,23,27)/b21-11+. The van der Waals surface area contributed by atoms with Gasteiger partial charge in [-0.3, -0.25) is 5.10 Å². The summed E-state index contributed by atoms with van der Waals surface area (Å²) >= 11 is 5.12. The summed E-state index contributed by atoms with van der Waals surface area (Å²) in [5.41, 5.74) is 1.29. The Labute approximate surface area is 161 Å². The summed E-state index contributed by atoms with van der Waals surface area (Å²) in [6.45, 7) is 4.27. The molecule has 0 aliphatic rings. The zero-order valence-corrected chi connectivity index (χ0v) is 15.8. The van der Waals surface area contributed by atoms with Crippen molar-refractivity contribution < 1.29 is 13.9 Å². The first kappa shape index (κ1) is 18.8. The van der Waals surface area contributed by atoms with Crippen LogP contribution in [0.1, 0.15) is 23.9 Å². The molecule has 0 radical (unpaired) electrons. The Morgan fingerprint density at radius 1 is 1.22 bits per heavy atom. The Balaban J connectivity index is 1.80. The lowest BCUT2D eigenvalue weighted by molar-refractivity contribution is 0.266. The van der Waals surface area contributed by atoms with Gasteiger partial charge in [-0.15, -0.1) is 0 Å². The fourth-order valence-electron chi connectivity index (χ4n) is 2.39. The fraction of sp³-hybridized carbons (Fsp3) is 0.211. The molecule has 0 saturated heterocycles. The van der Waals surface area contributed by atoms with Crippen LogP contribution in [0.25, 0.3) is 0 Å². The number of ether oxygens (including phenoxy) is 2. The Bertz CT molecular complexity index is 1010. The number of nitrogens with one attached hydrogen (secondary N) is 1. The summed E-state index contributed by atoms with van der Waals surface area (Å²) in [5, 5.41) is 11.0. The van der Waals surface area contributed by atoms with Crippen molar-refractivity contribution in [1.29, 1.82) is 0 Å². The predicted molar refractivity (Wildman–Crippen MR) is 103 cm³/mol. The molecule has 3 rings (SSSR count). The molecular weight excluding hydrogens is 367 g/mol. The van der Waals surface area contributed by atoms with Crippen LogP contribution in [0.2, 0.25) is 0 Å². The number of rotatable bonds is 7. The molecule has 0 atom stereocenters. The Morgan fingerprint density at radius 3 is 2.74 bits per heavy atom. The molecule has 0 bridgehead atoms. The van der Waals surface area contributed by atoms with E-state index in [-0.39, 0.29) is 12.4 Å². The van der Waals surface area contributed by atoms with E-state index in [4.69, 9.17) is 21.7 Å². The van der Waals surface area contributed by atoms with Crippen LogP contribution in [0.5, 0.6) is 11.5 Å². The average Bonchev–Trinajstić information content (AvgIpc) is 2.98. The minimum atomic E-state index is -0.300. The van der Waals surface area contributed by atoms with E-state index in [2.05, 4.69) is 15.3 Å². The first-order chi connectivity index (χ1) is 13.1. The zero-order valence-electron chi connectivity index (χ0n) is 15.0. The monoisotopic (exact) mass is 386 g/mol. The topological polar surface area (TPSA) is 64.4 Å². The van der Waals surface area contributed by atoms with E-state index in [1.807, 2.05) is 19.1 Å². The van der Waals surface area contributed by atoms with Crippen molar-refractivity contribution >= 4 is 18.4 Å². The van der Waals surface area contributed by atoms with Gasteiger partial charge in [0.2, 0.25) is 4.77 Å². The largest absolute Gasteiger partial charge is 0.490 e. The van der Waals surface area contributed by atoms with Crippen LogP contribution < -0.4 is 9.47 Å². The van der Waals surface area contributed by atoms with Gasteiger partial charge < -0.3 is 9.47 Å². The van der Waals surface area contributed by atoms with Crippen LogP contribution >= 0.6 is 12.2 Å². The Hall–Kier alpha value is -3.00. The van der Waals surface area contributed by atoms with Crippen molar-refractivity contribution in [3.8, 4) is 11.5 Å². The fourth-order valence-corrected chi connectivity index (χ4v) is 2.62. The lowest BCUT2D eigenvalue weighted by Crippen LogP contribution is -2.02. The Kier molecular flexibility index (Phi) is 5.97. The highest BCUT2D eigenvalue weighted by atomic mass is 32.1. The van der Waals surface area contributed by atoms with Gasteiger partial charge >= 0.3 is 0 Å². The van der Waals surface area contributed by atoms with Gasteiger partial charge in [-0.05, 0) is 55.9 Å². The molecule has 0 unspecified atom stereocenters. The number of hydrogen-bond acceptors (Lipinski definition) is 5. The minimum Gasteiger partial charge on any atom is -0.490 e. The van der Waals surface area contributed by atoms with Gasteiger partial charge in [-0.1, -0.05) is 18.2 Å². The normalized spacial score (nSPS) is 11.1. The Morgan fingerprint density at radius 2 is 2.04 bits per heavy atom. The van der Waals surface area contributed by atoms with E-state index in [1.54, 1.807) is 37.4 Å². The molecule has 1 aromatic heterocycles. The number of aryl methyl sites for hydroxylation is 1. The van der Waals surface area contributed by atoms with Crippen molar-refractivity contribution in [2.75, 3.05) is 6.61 Å². The second-order valence-electron chi connectivity index (χ2n) is 5.65. The van der Waals surface area contributed by atoms with Crippen LogP contribution in [-0.2, 0) is 6.61 Å². The summed E-state index contributed by atoms with van der Waals surface area (Å²) in [6, 6.07) is 11.9. The summed E-state index contributed by atoms with van der Waals surface area (Å²) in [5.74, 6) is 1.45. The molecule has 0 aliphatic carbocycles. The van der Waals surface area contributed by atoms with Gasteiger partial charge in [-0.25, -0.2) is 4.39 Å². The molecule has 1 N–H and O–H groups in total. The van der Waals surface area contributed by atoms with Crippen molar-refractivity contribution in [2.45, 2.75) is 20.5 Å². The molecule has 6 nitrogen and oxygen atoms in total. The van der Waals surface area contributed by atoms with E-state index < -0.39 is 0 Å². The van der Waals surface area contributed by atoms with E-state index in [0.29, 0.717) is 34.3 Å². The molecule has 27 heavy (non-hydrogen) atoms. The van der Waals surface area contributed by atoms with E-state index in [0.717, 1.165) is 5.56 Å². The summed E-state index contributed by atoms with van der Waals surface area (Å²) in [4.78, 5) is 0. The molecule has 1 heterocycles. The summed E-state index contributed by atoms with van der Waals surface area (Å²) in [7, 11) is 0. The zero-order chi connectivity index (χ0) is 19.2. The van der Waals surface area contributed by atoms with Gasteiger partial charge in [0.15, 0.2) is 11.5 Å². The van der Waals surface area contributed by atoms with Crippen molar-refractivity contribution in [1.82, 2.24) is 14.9 Å². The van der Waals surface area contributed by atoms with Crippen LogP contribution in [0.3, 0.4) is 0 Å². The molecule has 0 saturated carbocycles. The number of H-pyrrole nitrogens is 1. The van der Waals surface area contributed by atoms with Crippen LogP contribution in [-0.4, -0.2) is 27.7 Å². The predicted octanol–water partition coefficient (Wildman–Crippen LogP) is 4.25. The molecule has 8 heteroatoms. The van der Waals surface area contributed by atoms with Crippen LogP contribution in [0, 0.1) is 17.5 Å². The highest BCUT2D eigenvalue weighted by molar-refractivity contribution is 7.71. The molecule has 0 fully saturated rings. The molecule has 3 aromatic rings. The molecule has 140 valence electrons. The van der Waals surface area contributed by atoms with Crippen LogP contribution in [0.4, 0.5) is 4.39 Å². The van der Waals surface area contributed by atoms with Crippen molar-refractivity contribution in [2.24, 2.45) is 5.10 Å². The smallest absolute Gasteiger partial charge is 0.216 e. The first-order valence-electron chi connectivity index (χ1n) is 8.40. The molecule has 0 spiro atoms. The number of halogens is 1. The third-order valence-corrected chi connectivity index (χ3v) is 4.01. The van der Waals surface area contributed by atoms with Gasteiger partial charge in [-0.2, -0.15) is 14.9 Å². The minimum absolute atomic E-state index is 0.115. The SMILES string of the molecule is CCOc1cc(/C=N/n2c(C)n[nH]c2=S)ccc1OCc1ccccc1F. The maximum Gasteiger partial charge on any atom is 0.216 e. The van der Waals surface area contributed by atoms with E-state index in [9.17, 15) is 4.39 Å². The lowest BCUT2D eigenvalue weighted by atomic mass is 10.2. The van der Waals surface area contributed by atoms with Crippen molar-refractivity contribution in [3.05, 3.63) is 70.0 Å². The van der Waals surface area contributed by atoms with Crippen LogP contribution in [0.15, 0.2) is 47.6 Å². The highest BCUT2D eigenvalue weighted by Gasteiger charge is 2.08. The number of aromatic amines is 1. The second kappa shape index (κ2) is 8.59. The second-order valence-corrected chi connectivity index (χ2v) is 6.04. The maximum absolute atomic E-state index is 13.8. The van der Waals surface area contributed by atoms with E-state index >= 15 is 0 Å². The molecule has 0 amide bonds. The number of hydrogen-bond donors (Lipinski definition) is 1. The number of benzene rings is 2. The quantitative estimate of drug-likeness (QED) is 0.487. The molecule has 2 aromatic carbocycles. The van der Waals surface area contributed by atoms with Gasteiger partial charge in [0.05, 0.1) is 12.8 Å². The van der Waals surface area contributed by atoms with E-state index in [1.165, 1.54) is 10.7 Å². The molecular formula is C19H19FN4O2S. The van der Waals surface area contributed by atoms with Gasteiger partial charge in [0.1, 0.15) is 18.2 Å². The third kappa shape index (κ3) is 4.59. The third-order valence-electron chi connectivity index (χ3n) is 3.74. The number of aromatic nitrogens is 3. The number of nitrogens with zero attached hydrogens (tertiary/aromatic N) is 3. The summed E-state index contributed by atoms with van der Waals surface area (Å²) < 4.78 is 27.1. The lowest BCUT2D eigenvalue weighted by Gasteiger charge is -2.13. The maximum atomic E-state index is 13.8. The van der Waals surface area contributed by atoms with Gasteiger partial charge in [0, 0.05) is 5.56 Å². The first-order valence-corrected chi connectivity index (χ1v) is 8.80. The van der Waals surface area contributed by atoms with Crippen molar-refractivity contribution in [3.63, 3.8) is 0 Å². The molecule has 0 aliphatic heterocycles. The summed E-state index contributed by atoms with van der Waals surface area (Å²) in [6.07, 6.45) is 1.65. The average molecular weight is 386 g/mol. The highest BCUT2D eigenvalue weighted by Crippen LogP contribution is 2.29. The van der Waals surface area contributed by atoms with Gasteiger partial charge in [0.25, 0.3) is 0 Å².